The van der Waals surface area contributed by atoms with Crippen molar-refractivity contribution in [2.45, 2.75) is 31.9 Å². The number of benzene rings is 1. The molecule has 1 aliphatic carbocycles. The lowest BCUT2D eigenvalue weighted by Gasteiger charge is -2.14. The minimum atomic E-state index is -1.01. The van der Waals surface area contributed by atoms with Gasteiger partial charge < -0.3 is 15.2 Å². The molecule has 5 heteroatoms. The summed E-state index contributed by atoms with van der Waals surface area (Å²) in [4.78, 5) is 22.5. The Balaban J connectivity index is 1.77. The molecule has 19 heavy (non-hydrogen) atoms. The van der Waals surface area contributed by atoms with E-state index in [1.807, 2.05) is 30.3 Å². The average molecular weight is 263 g/mol. The van der Waals surface area contributed by atoms with Crippen LogP contribution in [0.4, 0.5) is 4.79 Å². The Bertz CT molecular complexity index is 442. The van der Waals surface area contributed by atoms with E-state index in [9.17, 15) is 9.59 Å². The summed E-state index contributed by atoms with van der Waals surface area (Å²) in [5, 5.41) is 11.4. The molecule has 0 spiro atoms. The fourth-order valence-electron chi connectivity index (χ4n) is 1.82. The van der Waals surface area contributed by atoms with E-state index in [1.165, 1.54) is 0 Å². The fraction of sp³-hybridized carbons (Fsp3) is 0.429. The number of rotatable bonds is 6. The minimum Gasteiger partial charge on any atom is -0.480 e. The molecule has 1 fully saturated rings. The van der Waals surface area contributed by atoms with E-state index in [-0.39, 0.29) is 6.61 Å². The van der Waals surface area contributed by atoms with Crippen LogP contribution < -0.4 is 5.32 Å². The fourth-order valence-corrected chi connectivity index (χ4v) is 1.82. The number of carboxylic acid groups (broad SMARTS) is 1. The maximum Gasteiger partial charge on any atom is 0.408 e. The molecule has 0 bridgehead atoms. The number of hydrogen-bond acceptors (Lipinski definition) is 3. The third kappa shape index (κ3) is 4.62. The molecule has 1 aliphatic rings. The Morgan fingerprint density at radius 1 is 1.32 bits per heavy atom. The second-order valence-electron chi connectivity index (χ2n) is 4.78. The lowest BCUT2D eigenvalue weighted by Crippen LogP contribution is -2.41. The van der Waals surface area contributed by atoms with Crippen LogP contribution >= 0.6 is 0 Å². The van der Waals surface area contributed by atoms with E-state index < -0.39 is 18.1 Å². The van der Waals surface area contributed by atoms with Crippen LogP contribution in [-0.2, 0) is 16.1 Å². The first kappa shape index (κ1) is 13.4. The highest BCUT2D eigenvalue weighted by molar-refractivity contribution is 5.79. The first-order valence-corrected chi connectivity index (χ1v) is 6.35. The van der Waals surface area contributed by atoms with Crippen molar-refractivity contribution in [3.63, 3.8) is 0 Å². The van der Waals surface area contributed by atoms with Crippen LogP contribution in [0.1, 0.15) is 24.8 Å². The van der Waals surface area contributed by atoms with Gasteiger partial charge in [0.2, 0.25) is 0 Å². The number of carbonyl (C=O) groups is 2. The van der Waals surface area contributed by atoms with Crippen molar-refractivity contribution >= 4 is 12.1 Å². The van der Waals surface area contributed by atoms with Gasteiger partial charge in [0.25, 0.3) is 0 Å². The van der Waals surface area contributed by atoms with Gasteiger partial charge in [-0.1, -0.05) is 43.2 Å². The van der Waals surface area contributed by atoms with Gasteiger partial charge in [-0.15, -0.1) is 0 Å². The van der Waals surface area contributed by atoms with Crippen LogP contribution in [0.2, 0.25) is 0 Å². The molecule has 5 nitrogen and oxygen atoms in total. The van der Waals surface area contributed by atoms with Crippen LogP contribution in [0, 0.1) is 5.92 Å². The highest BCUT2D eigenvalue weighted by atomic mass is 16.5. The summed E-state index contributed by atoms with van der Waals surface area (Å²) < 4.78 is 5.00. The normalized spacial score (nSPS) is 15.6. The molecule has 102 valence electrons. The Morgan fingerprint density at radius 3 is 2.58 bits per heavy atom. The second kappa shape index (κ2) is 6.22. The van der Waals surface area contributed by atoms with Crippen molar-refractivity contribution in [3.8, 4) is 0 Å². The summed E-state index contributed by atoms with van der Waals surface area (Å²) in [7, 11) is 0. The Morgan fingerprint density at radius 2 is 2.00 bits per heavy atom. The predicted molar refractivity (Wildman–Crippen MR) is 68.5 cm³/mol. The molecule has 2 N–H and O–H groups in total. The maximum atomic E-state index is 11.5. The number of aliphatic carboxylic acids is 1. The molecule has 1 saturated carbocycles. The predicted octanol–water partition coefficient (Wildman–Crippen LogP) is 2.17. The minimum absolute atomic E-state index is 0.141. The third-order valence-electron chi connectivity index (χ3n) is 3.07. The maximum absolute atomic E-state index is 11.5. The molecule has 0 unspecified atom stereocenters. The van der Waals surface area contributed by atoms with Gasteiger partial charge in [-0.3, -0.25) is 0 Å². The largest absolute Gasteiger partial charge is 0.480 e. The van der Waals surface area contributed by atoms with Crippen molar-refractivity contribution in [1.82, 2.24) is 5.32 Å². The standard InChI is InChI=1S/C14H17NO4/c16-13(17)12(8-10-6-7-10)15-14(18)19-9-11-4-2-1-3-5-11/h1-5,10,12H,6-9H2,(H,15,18)(H,16,17)/t12-/m0/s1. The first-order valence-electron chi connectivity index (χ1n) is 6.35. The monoisotopic (exact) mass is 263 g/mol. The Kier molecular flexibility index (Phi) is 4.39. The van der Waals surface area contributed by atoms with Gasteiger partial charge in [0.05, 0.1) is 0 Å². The van der Waals surface area contributed by atoms with Gasteiger partial charge in [-0.25, -0.2) is 9.59 Å². The number of hydrogen-bond donors (Lipinski definition) is 2. The number of alkyl carbamates (subject to hydrolysis) is 1. The number of ether oxygens (including phenoxy) is 1. The van der Waals surface area contributed by atoms with E-state index in [1.54, 1.807) is 0 Å². The number of carbonyl (C=O) groups excluding carboxylic acids is 1. The van der Waals surface area contributed by atoms with E-state index in [0.29, 0.717) is 12.3 Å². The average Bonchev–Trinajstić information content (AvgIpc) is 3.21. The molecular weight excluding hydrogens is 246 g/mol. The molecular formula is C14H17NO4. The van der Waals surface area contributed by atoms with Crippen LogP contribution in [0.25, 0.3) is 0 Å². The molecule has 0 saturated heterocycles. The third-order valence-corrected chi connectivity index (χ3v) is 3.07. The van der Waals surface area contributed by atoms with E-state index >= 15 is 0 Å². The smallest absolute Gasteiger partial charge is 0.408 e. The van der Waals surface area contributed by atoms with Gasteiger partial charge >= 0.3 is 12.1 Å². The van der Waals surface area contributed by atoms with Crippen molar-refractivity contribution < 1.29 is 19.4 Å². The van der Waals surface area contributed by atoms with Gasteiger partial charge in [0.1, 0.15) is 12.6 Å². The van der Waals surface area contributed by atoms with Crippen molar-refractivity contribution in [3.05, 3.63) is 35.9 Å². The second-order valence-corrected chi connectivity index (χ2v) is 4.78. The quantitative estimate of drug-likeness (QED) is 0.824. The molecule has 0 aliphatic heterocycles. The van der Waals surface area contributed by atoms with Gasteiger partial charge in [-0.05, 0) is 17.9 Å². The topological polar surface area (TPSA) is 75.6 Å². The first-order chi connectivity index (χ1) is 9.15. The summed E-state index contributed by atoms with van der Waals surface area (Å²) >= 11 is 0. The zero-order chi connectivity index (χ0) is 13.7. The number of amides is 1. The van der Waals surface area contributed by atoms with E-state index in [4.69, 9.17) is 9.84 Å². The molecule has 1 aromatic carbocycles. The zero-order valence-corrected chi connectivity index (χ0v) is 10.5. The summed E-state index contributed by atoms with van der Waals surface area (Å²) in [5.74, 6) is -0.584. The SMILES string of the molecule is O=C(N[C@@H](CC1CC1)C(=O)O)OCc1ccccc1. The zero-order valence-electron chi connectivity index (χ0n) is 10.5. The molecule has 1 aromatic rings. The summed E-state index contributed by atoms with van der Waals surface area (Å²) in [6, 6.07) is 8.40. The van der Waals surface area contributed by atoms with Gasteiger partial charge in [-0.2, -0.15) is 0 Å². The molecule has 0 radical (unpaired) electrons. The summed E-state index contributed by atoms with van der Waals surface area (Å²) in [6.07, 6.45) is 1.89. The number of nitrogens with one attached hydrogen (secondary N) is 1. The van der Waals surface area contributed by atoms with Crippen LogP contribution in [0.3, 0.4) is 0 Å². The Labute approximate surface area is 111 Å². The molecule has 1 amide bonds. The van der Waals surface area contributed by atoms with Crippen LogP contribution in [0.15, 0.2) is 30.3 Å². The van der Waals surface area contributed by atoms with Crippen LogP contribution in [0.5, 0.6) is 0 Å². The lowest BCUT2D eigenvalue weighted by atomic mass is 10.1. The van der Waals surface area contributed by atoms with Crippen LogP contribution in [-0.4, -0.2) is 23.2 Å². The summed E-state index contributed by atoms with van der Waals surface area (Å²) in [5.41, 5.74) is 0.867. The van der Waals surface area contributed by atoms with E-state index in [2.05, 4.69) is 5.32 Å². The van der Waals surface area contributed by atoms with Gasteiger partial charge in [0, 0.05) is 0 Å². The highest BCUT2D eigenvalue weighted by Gasteiger charge is 2.30. The van der Waals surface area contributed by atoms with Crippen molar-refractivity contribution in [1.29, 1.82) is 0 Å². The highest BCUT2D eigenvalue weighted by Crippen LogP contribution is 2.33. The molecule has 2 rings (SSSR count). The Hall–Kier alpha value is -2.04. The van der Waals surface area contributed by atoms with Crippen molar-refractivity contribution in [2.24, 2.45) is 5.92 Å². The molecule has 1 atom stereocenters. The van der Waals surface area contributed by atoms with Gasteiger partial charge in [0.15, 0.2) is 0 Å². The molecule has 0 heterocycles. The van der Waals surface area contributed by atoms with E-state index in [0.717, 1.165) is 18.4 Å². The van der Waals surface area contributed by atoms with Crippen molar-refractivity contribution in [2.75, 3.05) is 0 Å². The summed E-state index contributed by atoms with van der Waals surface area (Å²) in [6.45, 7) is 0.141. The molecule has 0 aromatic heterocycles. The lowest BCUT2D eigenvalue weighted by molar-refractivity contribution is -0.139. The number of carboxylic acids is 1.